The maximum absolute atomic E-state index is 13.0. The monoisotopic (exact) mass is 324 g/mol. The van der Waals surface area contributed by atoms with Crippen LogP contribution in [0, 0.1) is 5.82 Å². The van der Waals surface area contributed by atoms with Gasteiger partial charge in [0.25, 0.3) is 5.91 Å². The average Bonchev–Trinajstić information content (AvgIpc) is 2.39. The lowest BCUT2D eigenvalue weighted by Gasteiger charge is -2.09. The molecule has 19 heavy (non-hydrogen) atoms. The van der Waals surface area contributed by atoms with Gasteiger partial charge in [0, 0.05) is 16.2 Å². The molecule has 0 fully saturated rings. The molecule has 2 rings (SSSR count). The van der Waals surface area contributed by atoms with E-state index in [0.29, 0.717) is 21.3 Å². The SMILES string of the molecule is O=C(Nc1cnccc1CO)c1ccc(F)cc1Br. The molecule has 2 aromatic rings. The van der Waals surface area contributed by atoms with Crippen molar-refractivity contribution >= 4 is 27.5 Å². The van der Waals surface area contributed by atoms with Gasteiger partial charge in [-0.1, -0.05) is 0 Å². The highest BCUT2D eigenvalue weighted by Gasteiger charge is 2.12. The standard InChI is InChI=1S/C13H10BrFN2O2/c14-11-5-9(15)1-2-10(11)13(19)17-12-6-16-4-3-8(12)7-18/h1-6,18H,7H2,(H,17,19). The van der Waals surface area contributed by atoms with Crippen molar-refractivity contribution < 1.29 is 14.3 Å². The van der Waals surface area contributed by atoms with Crippen LogP contribution in [0.3, 0.4) is 0 Å². The molecule has 0 saturated heterocycles. The highest BCUT2D eigenvalue weighted by molar-refractivity contribution is 9.10. The Hall–Kier alpha value is -1.79. The van der Waals surface area contributed by atoms with Crippen LogP contribution in [0.4, 0.5) is 10.1 Å². The van der Waals surface area contributed by atoms with E-state index >= 15 is 0 Å². The highest BCUT2D eigenvalue weighted by Crippen LogP contribution is 2.20. The van der Waals surface area contributed by atoms with Gasteiger partial charge in [0.15, 0.2) is 0 Å². The summed E-state index contributed by atoms with van der Waals surface area (Å²) < 4.78 is 13.3. The van der Waals surface area contributed by atoms with Gasteiger partial charge in [-0.15, -0.1) is 0 Å². The third kappa shape index (κ3) is 3.15. The number of nitrogens with zero attached hydrogens (tertiary/aromatic N) is 1. The highest BCUT2D eigenvalue weighted by atomic mass is 79.9. The van der Waals surface area contributed by atoms with Gasteiger partial charge in [0.2, 0.25) is 0 Å². The normalized spacial score (nSPS) is 10.3. The molecule has 1 amide bonds. The van der Waals surface area contributed by atoms with Gasteiger partial charge in [-0.25, -0.2) is 4.39 Å². The zero-order chi connectivity index (χ0) is 13.8. The summed E-state index contributed by atoms with van der Waals surface area (Å²) >= 11 is 3.13. The van der Waals surface area contributed by atoms with Crippen molar-refractivity contribution in [3.8, 4) is 0 Å². The minimum atomic E-state index is -0.430. The molecule has 0 radical (unpaired) electrons. The molecule has 98 valence electrons. The second-order valence-electron chi connectivity index (χ2n) is 3.77. The largest absolute Gasteiger partial charge is 0.392 e. The summed E-state index contributed by atoms with van der Waals surface area (Å²) in [6, 6.07) is 5.40. The van der Waals surface area contributed by atoms with Gasteiger partial charge in [-0.05, 0) is 40.2 Å². The Labute approximate surface area is 117 Å². The second-order valence-corrected chi connectivity index (χ2v) is 4.62. The molecule has 6 heteroatoms. The first-order valence-electron chi connectivity index (χ1n) is 5.42. The number of halogens is 2. The van der Waals surface area contributed by atoms with Crippen molar-refractivity contribution in [1.82, 2.24) is 4.98 Å². The Morgan fingerprint density at radius 2 is 2.21 bits per heavy atom. The summed E-state index contributed by atoms with van der Waals surface area (Å²) in [5, 5.41) is 11.8. The van der Waals surface area contributed by atoms with E-state index in [1.807, 2.05) is 0 Å². The first-order valence-corrected chi connectivity index (χ1v) is 6.21. The zero-order valence-corrected chi connectivity index (χ0v) is 11.3. The van der Waals surface area contributed by atoms with E-state index in [1.165, 1.54) is 30.6 Å². The molecule has 0 atom stereocenters. The number of nitrogens with one attached hydrogen (secondary N) is 1. The van der Waals surface area contributed by atoms with E-state index in [9.17, 15) is 9.18 Å². The predicted molar refractivity (Wildman–Crippen MR) is 72.2 cm³/mol. The van der Waals surface area contributed by atoms with Crippen LogP contribution in [-0.2, 0) is 6.61 Å². The number of carbonyl (C=O) groups excluding carboxylic acids is 1. The number of hydrogen-bond acceptors (Lipinski definition) is 3. The number of amides is 1. The summed E-state index contributed by atoms with van der Waals surface area (Å²) in [4.78, 5) is 15.9. The number of aliphatic hydroxyl groups is 1. The second kappa shape index (κ2) is 5.90. The van der Waals surface area contributed by atoms with E-state index in [-0.39, 0.29) is 6.61 Å². The Morgan fingerprint density at radius 3 is 2.89 bits per heavy atom. The lowest BCUT2D eigenvalue weighted by molar-refractivity contribution is 0.102. The van der Waals surface area contributed by atoms with Gasteiger partial charge >= 0.3 is 0 Å². The maximum Gasteiger partial charge on any atom is 0.256 e. The molecule has 0 unspecified atom stereocenters. The number of aliphatic hydroxyl groups excluding tert-OH is 1. The van der Waals surface area contributed by atoms with Crippen molar-refractivity contribution in [1.29, 1.82) is 0 Å². The molecular formula is C13H10BrFN2O2. The molecule has 0 aliphatic carbocycles. The topological polar surface area (TPSA) is 62.2 Å². The van der Waals surface area contributed by atoms with Gasteiger partial charge in [-0.2, -0.15) is 0 Å². The maximum atomic E-state index is 13.0. The number of aromatic nitrogens is 1. The summed E-state index contributed by atoms with van der Waals surface area (Å²) in [5.41, 5.74) is 1.28. The fourth-order valence-electron chi connectivity index (χ4n) is 1.54. The zero-order valence-electron chi connectivity index (χ0n) is 9.73. The van der Waals surface area contributed by atoms with E-state index in [4.69, 9.17) is 5.11 Å². The lowest BCUT2D eigenvalue weighted by atomic mass is 10.2. The van der Waals surface area contributed by atoms with E-state index in [0.717, 1.165) is 0 Å². The van der Waals surface area contributed by atoms with Crippen molar-refractivity contribution in [3.05, 3.63) is 58.1 Å². The fraction of sp³-hybridized carbons (Fsp3) is 0.0769. The van der Waals surface area contributed by atoms with Crippen LogP contribution in [0.15, 0.2) is 41.1 Å². The van der Waals surface area contributed by atoms with Crippen LogP contribution in [0.25, 0.3) is 0 Å². The molecule has 0 spiro atoms. The fourth-order valence-corrected chi connectivity index (χ4v) is 2.07. The first-order chi connectivity index (χ1) is 9.11. The van der Waals surface area contributed by atoms with Crippen molar-refractivity contribution in [2.75, 3.05) is 5.32 Å². The number of anilines is 1. The molecule has 1 aromatic carbocycles. The number of rotatable bonds is 3. The van der Waals surface area contributed by atoms with Gasteiger partial charge in [0.05, 0.1) is 24.1 Å². The van der Waals surface area contributed by atoms with Crippen molar-refractivity contribution in [2.45, 2.75) is 6.61 Å². The molecule has 1 aromatic heterocycles. The number of hydrogen-bond donors (Lipinski definition) is 2. The van der Waals surface area contributed by atoms with Gasteiger partial charge < -0.3 is 10.4 Å². The van der Waals surface area contributed by atoms with Crippen LogP contribution in [0.1, 0.15) is 15.9 Å². The molecular weight excluding hydrogens is 315 g/mol. The Kier molecular flexibility index (Phi) is 4.24. The summed E-state index contributed by atoms with van der Waals surface area (Å²) in [6.45, 7) is -0.206. The predicted octanol–water partition coefficient (Wildman–Crippen LogP) is 2.73. The van der Waals surface area contributed by atoms with Crippen LogP contribution in [0.2, 0.25) is 0 Å². The number of carbonyl (C=O) groups is 1. The van der Waals surface area contributed by atoms with Gasteiger partial charge in [-0.3, -0.25) is 9.78 Å². The van der Waals surface area contributed by atoms with Crippen LogP contribution in [0.5, 0.6) is 0 Å². The van der Waals surface area contributed by atoms with Crippen molar-refractivity contribution in [2.24, 2.45) is 0 Å². The summed E-state index contributed by atoms with van der Waals surface area (Å²) in [6.07, 6.45) is 2.97. The molecule has 1 heterocycles. The minimum Gasteiger partial charge on any atom is -0.392 e. The average molecular weight is 325 g/mol. The third-order valence-corrected chi connectivity index (χ3v) is 3.16. The number of pyridine rings is 1. The van der Waals surface area contributed by atoms with Crippen LogP contribution < -0.4 is 5.32 Å². The minimum absolute atomic E-state index is 0.206. The lowest BCUT2D eigenvalue weighted by Crippen LogP contribution is -2.14. The summed E-state index contributed by atoms with van der Waals surface area (Å²) in [5.74, 6) is -0.838. The number of benzene rings is 1. The quantitative estimate of drug-likeness (QED) is 0.912. The van der Waals surface area contributed by atoms with Gasteiger partial charge in [0.1, 0.15) is 5.82 Å². The molecule has 0 aliphatic heterocycles. The molecule has 0 aliphatic rings. The van der Waals surface area contributed by atoms with E-state index < -0.39 is 11.7 Å². The van der Waals surface area contributed by atoms with E-state index in [1.54, 1.807) is 6.07 Å². The smallest absolute Gasteiger partial charge is 0.256 e. The van der Waals surface area contributed by atoms with E-state index in [2.05, 4.69) is 26.2 Å². The molecule has 0 saturated carbocycles. The van der Waals surface area contributed by atoms with Crippen LogP contribution >= 0.6 is 15.9 Å². The summed E-state index contributed by atoms with van der Waals surface area (Å²) in [7, 11) is 0. The van der Waals surface area contributed by atoms with Crippen LogP contribution in [-0.4, -0.2) is 16.0 Å². The van der Waals surface area contributed by atoms with Crippen molar-refractivity contribution in [3.63, 3.8) is 0 Å². The first kappa shape index (κ1) is 13.6. The Balaban J connectivity index is 2.26. The molecule has 2 N–H and O–H groups in total. The Bertz CT molecular complexity index is 619. The molecule has 0 bridgehead atoms. The molecule has 4 nitrogen and oxygen atoms in total. The Morgan fingerprint density at radius 1 is 1.42 bits per heavy atom. The third-order valence-electron chi connectivity index (χ3n) is 2.51.